The van der Waals surface area contributed by atoms with Gasteiger partial charge in [-0.3, -0.25) is 0 Å². The van der Waals surface area contributed by atoms with Crippen LogP contribution < -0.4 is 5.73 Å². The normalized spacial score (nSPS) is 12.5. The van der Waals surface area contributed by atoms with Gasteiger partial charge in [0.1, 0.15) is 0 Å². The first-order chi connectivity index (χ1) is 8.09. The van der Waals surface area contributed by atoms with Crippen LogP contribution in [0.3, 0.4) is 0 Å². The van der Waals surface area contributed by atoms with Gasteiger partial charge in [0.25, 0.3) is 0 Å². The molecule has 0 fully saturated rings. The van der Waals surface area contributed by atoms with E-state index >= 15 is 0 Å². The van der Waals surface area contributed by atoms with E-state index in [1.54, 1.807) is 0 Å². The highest BCUT2D eigenvalue weighted by atomic mass is 79.9. The summed E-state index contributed by atoms with van der Waals surface area (Å²) in [6.07, 6.45) is 0. The highest BCUT2D eigenvalue weighted by Crippen LogP contribution is 2.32. The lowest BCUT2D eigenvalue weighted by Gasteiger charge is -2.15. The molecule has 2 aromatic carbocycles. The minimum absolute atomic E-state index is 0.215. The third-order valence-corrected chi connectivity index (χ3v) is 4.39. The minimum Gasteiger partial charge on any atom is -0.320 e. The molecule has 1 nitrogen and oxygen atoms in total. The van der Waals surface area contributed by atoms with E-state index in [2.05, 4.69) is 31.9 Å². The van der Waals surface area contributed by atoms with Crippen LogP contribution in [0.2, 0.25) is 5.02 Å². The monoisotopic (exact) mass is 373 g/mol. The number of benzene rings is 2. The third kappa shape index (κ3) is 2.91. The molecule has 1 unspecified atom stereocenters. The molecule has 0 radical (unpaired) electrons. The van der Waals surface area contributed by atoms with Crippen molar-refractivity contribution in [2.24, 2.45) is 5.73 Å². The molecule has 0 aliphatic rings. The van der Waals surface area contributed by atoms with Crippen molar-refractivity contribution in [3.05, 3.63) is 67.6 Å². The van der Waals surface area contributed by atoms with E-state index in [4.69, 9.17) is 17.3 Å². The quantitative estimate of drug-likeness (QED) is 0.793. The lowest BCUT2D eigenvalue weighted by atomic mass is 10.00. The Morgan fingerprint density at radius 1 is 1.00 bits per heavy atom. The van der Waals surface area contributed by atoms with Crippen molar-refractivity contribution in [3.63, 3.8) is 0 Å². The van der Waals surface area contributed by atoms with Crippen LogP contribution in [-0.2, 0) is 0 Å². The van der Waals surface area contributed by atoms with Gasteiger partial charge in [0, 0.05) is 8.95 Å². The molecule has 0 amide bonds. The molecule has 0 heterocycles. The Morgan fingerprint density at radius 2 is 1.65 bits per heavy atom. The first-order valence-electron chi connectivity index (χ1n) is 5.04. The van der Waals surface area contributed by atoms with Crippen molar-refractivity contribution >= 4 is 43.5 Å². The van der Waals surface area contributed by atoms with Crippen molar-refractivity contribution in [1.29, 1.82) is 0 Å². The zero-order valence-corrected chi connectivity index (χ0v) is 12.8. The molecule has 0 aliphatic heterocycles. The fourth-order valence-electron chi connectivity index (χ4n) is 1.61. The van der Waals surface area contributed by atoms with Gasteiger partial charge in [0.05, 0.1) is 11.1 Å². The molecule has 0 saturated heterocycles. The van der Waals surface area contributed by atoms with Gasteiger partial charge < -0.3 is 5.73 Å². The number of hydrogen-bond acceptors (Lipinski definition) is 1. The molecular weight excluding hydrogens is 365 g/mol. The van der Waals surface area contributed by atoms with E-state index in [9.17, 15) is 0 Å². The van der Waals surface area contributed by atoms with Crippen LogP contribution in [0.5, 0.6) is 0 Å². The van der Waals surface area contributed by atoms with Gasteiger partial charge in [0.2, 0.25) is 0 Å². The van der Waals surface area contributed by atoms with Crippen molar-refractivity contribution in [2.45, 2.75) is 6.04 Å². The van der Waals surface area contributed by atoms with Crippen LogP contribution in [-0.4, -0.2) is 0 Å². The van der Waals surface area contributed by atoms with E-state index < -0.39 is 0 Å². The Kier molecular flexibility index (Phi) is 4.26. The van der Waals surface area contributed by atoms with Gasteiger partial charge in [-0.1, -0.05) is 51.8 Å². The van der Waals surface area contributed by atoms with Gasteiger partial charge in [-0.2, -0.15) is 0 Å². The third-order valence-electron chi connectivity index (χ3n) is 2.55. The average molecular weight is 375 g/mol. The maximum absolute atomic E-state index is 6.23. The van der Waals surface area contributed by atoms with Crippen molar-refractivity contribution < 1.29 is 0 Å². The first-order valence-corrected chi connectivity index (χ1v) is 7.01. The number of hydrogen-bond donors (Lipinski definition) is 1. The van der Waals surface area contributed by atoms with Gasteiger partial charge >= 0.3 is 0 Å². The standard InChI is InChI=1S/C13H10Br2ClN/c14-9-6-4-8(5-7-9)13(17)10-2-1-3-11(15)12(10)16/h1-7,13H,17H2. The predicted molar refractivity (Wildman–Crippen MR) is 79.3 cm³/mol. The molecule has 17 heavy (non-hydrogen) atoms. The summed E-state index contributed by atoms with van der Waals surface area (Å²) >= 11 is 13.0. The molecular formula is C13H10Br2ClN. The van der Waals surface area contributed by atoms with Crippen LogP contribution in [0.1, 0.15) is 17.2 Å². The Hall–Kier alpha value is -0.350. The summed E-state index contributed by atoms with van der Waals surface area (Å²) in [6, 6.07) is 13.5. The van der Waals surface area contributed by atoms with Crippen molar-refractivity contribution in [1.82, 2.24) is 0 Å². The van der Waals surface area contributed by atoms with Crippen LogP contribution in [0.4, 0.5) is 0 Å². The second kappa shape index (κ2) is 5.53. The summed E-state index contributed by atoms with van der Waals surface area (Å²) in [5, 5.41) is 0.669. The fraction of sp³-hybridized carbons (Fsp3) is 0.0769. The molecule has 2 aromatic rings. The second-order valence-corrected chi connectivity index (χ2v) is 5.82. The summed E-state index contributed by atoms with van der Waals surface area (Å²) in [7, 11) is 0. The van der Waals surface area contributed by atoms with E-state index in [-0.39, 0.29) is 6.04 Å². The minimum atomic E-state index is -0.215. The van der Waals surface area contributed by atoms with E-state index in [0.29, 0.717) is 5.02 Å². The Balaban J connectivity index is 2.40. The Labute approximate surface area is 122 Å². The summed E-state index contributed by atoms with van der Waals surface area (Å²) in [5.41, 5.74) is 8.17. The maximum Gasteiger partial charge on any atom is 0.0599 e. The van der Waals surface area contributed by atoms with E-state index in [1.807, 2.05) is 42.5 Å². The first kappa shape index (κ1) is 13.1. The topological polar surface area (TPSA) is 26.0 Å². The number of rotatable bonds is 2. The summed E-state index contributed by atoms with van der Waals surface area (Å²) in [6.45, 7) is 0. The molecule has 1 atom stereocenters. The van der Waals surface area contributed by atoms with E-state index in [1.165, 1.54) is 0 Å². The highest BCUT2D eigenvalue weighted by molar-refractivity contribution is 9.10. The van der Waals surface area contributed by atoms with Gasteiger partial charge in [-0.15, -0.1) is 0 Å². The maximum atomic E-state index is 6.23. The number of nitrogens with two attached hydrogens (primary N) is 1. The van der Waals surface area contributed by atoms with Gasteiger partial charge in [-0.05, 0) is 45.3 Å². The molecule has 88 valence electrons. The van der Waals surface area contributed by atoms with Gasteiger partial charge in [0.15, 0.2) is 0 Å². The predicted octanol–water partition coefficient (Wildman–Crippen LogP) is 4.91. The van der Waals surface area contributed by atoms with Crippen LogP contribution in [0, 0.1) is 0 Å². The van der Waals surface area contributed by atoms with Crippen LogP contribution >= 0.6 is 43.5 Å². The lowest BCUT2D eigenvalue weighted by Crippen LogP contribution is -2.12. The van der Waals surface area contributed by atoms with E-state index in [0.717, 1.165) is 20.1 Å². The molecule has 4 heteroatoms. The second-order valence-electron chi connectivity index (χ2n) is 3.67. The molecule has 2 rings (SSSR count). The fourth-order valence-corrected chi connectivity index (χ4v) is 2.50. The summed E-state index contributed by atoms with van der Waals surface area (Å²) < 4.78 is 1.90. The molecule has 0 aliphatic carbocycles. The molecule has 2 N–H and O–H groups in total. The average Bonchev–Trinajstić information content (AvgIpc) is 2.33. The van der Waals surface area contributed by atoms with Crippen molar-refractivity contribution in [3.8, 4) is 0 Å². The van der Waals surface area contributed by atoms with Gasteiger partial charge in [-0.25, -0.2) is 0 Å². The van der Waals surface area contributed by atoms with Crippen LogP contribution in [0.25, 0.3) is 0 Å². The SMILES string of the molecule is NC(c1ccc(Br)cc1)c1cccc(Br)c1Cl. The smallest absolute Gasteiger partial charge is 0.0599 e. The molecule has 0 spiro atoms. The molecule has 0 saturated carbocycles. The highest BCUT2D eigenvalue weighted by Gasteiger charge is 2.13. The Bertz CT molecular complexity index is 525. The summed E-state index contributed by atoms with van der Waals surface area (Å²) in [4.78, 5) is 0. The van der Waals surface area contributed by atoms with Crippen LogP contribution in [0.15, 0.2) is 51.4 Å². The largest absolute Gasteiger partial charge is 0.320 e. The molecule has 0 aromatic heterocycles. The summed E-state index contributed by atoms with van der Waals surface area (Å²) in [5.74, 6) is 0. The number of halogens is 3. The lowest BCUT2D eigenvalue weighted by molar-refractivity contribution is 0.870. The Morgan fingerprint density at radius 3 is 2.29 bits per heavy atom. The molecule has 0 bridgehead atoms. The zero-order valence-electron chi connectivity index (χ0n) is 8.83. The van der Waals surface area contributed by atoms with Crippen molar-refractivity contribution in [2.75, 3.05) is 0 Å². The zero-order chi connectivity index (χ0) is 12.4.